The molecule has 0 fully saturated rings. The molecule has 0 amide bonds. The van der Waals surface area contributed by atoms with Gasteiger partial charge in [-0.15, -0.1) is 0 Å². The molecular weight excluding hydrogens is 267 g/mol. The van der Waals surface area contributed by atoms with Gasteiger partial charge < -0.3 is 5.11 Å². The minimum atomic E-state index is -4.37. The molecule has 1 unspecified atom stereocenters. The van der Waals surface area contributed by atoms with E-state index >= 15 is 0 Å². The van der Waals surface area contributed by atoms with Crippen molar-refractivity contribution in [2.45, 2.75) is 26.1 Å². The SMILES string of the molecule is Cc1ccc(C(O)c2ccc(C(F)(F)F)cc2)c(C)n1. The molecule has 0 saturated heterocycles. The highest BCUT2D eigenvalue weighted by Gasteiger charge is 2.30. The zero-order chi connectivity index (χ0) is 14.9. The molecule has 2 aromatic rings. The molecule has 20 heavy (non-hydrogen) atoms. The zero-order valence-electron chi connectivity index (χ0n) is 11.1. The third-order valence-corrected chi connectivity index (χ3v) is 3.11. The number of hydrogen-bond donors (Lipinski definition) is 1. The molecule has 1 N–H and O–H groups in total. The summed E-state index contributed by atoms with van der Waals surface area (Å²) >= 11 is 0. The molecule has 5 heteroatoms. The van der Waals surface area contributed by atoms with Crippen molar-refractivity contribution < 1.29 is 18.3 Å². The van der Waals surface area contributed by atoms with Crippen molar-refractivity contribution in [3.8, 4) is 0 Å². The summed E-state index contributed by atoms with van der Waals surface area (Å²) in [4.78, 5) is 4.24. The van der Waals surface area contributed by atoms with Crippen LogP contribution in [0.15, 0.2) is 36.4 Å². The highest BCUT2D eigenvalue weighted by Crippen LogP contribution is 2.31. The van der Waals surface area contributed by atoms with E-state index in [1.807, 2.05) is 6.92 Å². The Morgan fingerprint density at radius 1 is 1.00 bits per heavy atom. The van der Waals surface area contributed by atoms with Gasteiger partial charge in [0.1, 0.15) is 6.10 Å². The Balaban J connectivity index is 2.31. The third kappa shape index (κ3) is 2.99. The van der Waals surface area contributed by atoms with Crippen LogP contribution in [0.2, 0.25) is 0 Å². The molecule has 0 spiro atoms. The number of aliphatic hydroxyl groups excluding tert-OH is 1. The number of aryl methyl sites for hydroxylation is 2. The smallest absolute Gasteiger partial charge is 0.384 e. The van der Waals surface area contributed by atoms with Crippen molar-refractivity contribution in [1.29, 1.82) is 0 Å². The number of nitrogens with zero attached hydrogens (tertiary/aromatic N) is 1. The lowest BCUT2D eigenvalue weighted by Gasteiger charge is -2.15. The molecule has 1 atom stereocenters. The van der Waals surface area contributed by atoms with E-state index in [0.717, 1.165) is 17.8 Å². The topological polar surface area (TPSA) is 33.1 Å². The van der Waals surface area contributed by atoms with Gasteiger partial charge in [0.05, 0.1) is 5.56 Å². The van der Waals surface area contributed by atoms with Crippen molar-refractivity contribution in [2.24, 2.45) is 0 Å². The summed E-state index contributed by atoms with van der Waals surface area (Å²) in [7, 11) is 0. The molecule has 1 heterocycles. The number of benzene rings is 1. The predicted molar refractivity (Wildman–Crippen MR) is 69.2 cm³/mol. The average molecular weight is 281 g/mol. The van der Waals surface area contributed by atoms with Crippen LogP contribution in [-0.2, 0) is 6.18 Å². The average Bonchev–Trinajstić information content (AvgIpc) is 2.37. The van der Waals surface area contributed by atoms with E-state index in [-0.39, 0.29) is 0 Å². The van der Waals surface area contributed by atoms with Crippen LogP contribution in [0.1, 0.15) is 34.2 Å². The first-order valence-electron chi connectivity index (χ1n) is 6.08. The molecule has 2 nitrogen and oxygen atoms in total. The molecule has 0 radical (unpaired) electrons. The van der Waals surface area contributed by atoms with E-state index in [1.54, 1.807) is 19.1 Å². The number of rotatable bonds is 2. The maximum absolute atomic E-state index is 12.5. The maximum Gasteiger partial charge on any atom is 0.416 e. The van der Waals surface area contributed by atoms with Crippen molar-refractivity contribution in [1.82, 2.24) is 4.98 Å². The molecule has 106 valence electrons. The monoisotopic (exact) mass is 281 g/mol. The van der Waals surface area contributed by atoms with Crippen LogP contribution >= 0.6 is 0 Å². The second-order valence-corrected chi connectivity index (χ2v) is 4.65. The largest absolute Gasteiger partial charge is 0.416 e. The summed E-state index contributed by atoms with van der Waals surface area (Å²) in [6, 6.07) is 8.00. The Hall–Kier alpha value is -1.88. The Kier molecular flexibility index (Phi) is 3.81. The molecule has 1 aromatic carbocycles. The number of alkyl halides is 3. The van der Waals surface area contributed by atoms with E-state index in [1.165, 1.54) is 12.1 Å². The van der Waals surface area contributed by atoms with Crippen LogP contribution in [-0.4, -0.2) is 10.1 Å². The van der Waals surface area contributed by atoms with E-state index in [2.05, 4.69) is 4.98 Å². The summed E-state index contributed by atoms with van der Waals surface area (Å²) in [5, 5.41) is 10.2. The first-order valence-corrected chi connectivity index (χ1v) is 6.08. The highest BCUT2D eigenvalue weighted by atomic mass is 19.4. The fourth-order valence-electron chi connectivity index (χ4n) is 2.02. The number of aromatic nitrogens is 1. The lowest BCUT2D eigenvalue weighted by molar-refractivity contribution is -0.137. The van der Waals surface area contributed by atoms with Crippen LogP contribution < -0.4 is 0 Å². The first kappa shape index (κ1) is 14.5. The van der Waals surface area contributed by atoms with Gasteiger partial charge in [0, 0.05) is 17.0 Å². The summed E-state index contributed by atoms with van der Waals surface area (Å²) in [5.74, 6) is 0. The normalized spacial score (nSPS) is 13.3. The van der Waals surface area contributed by atoms with Gasteiger partial charge >= 0.3 is 6.18 Å². The van der Waals surface area contributed by atoms with Crippen LogP contribution in [0.3, 0.4) is 0 Å². The molecular formula is C15H14F3NO. The lowest BCUT2D eigenvalue weighted by Crippen LogP contribution is -2.07. The zero-order valence-corrected chi connectivity index (χ0v) is 11.1. The first-order chi connectivity index (χ1) is 9.29. The molecule has 0 aliphatic rings. The maximum atomic E-state index is 12.5. The second-order valence-electron chi connectivity index (χ2n) is 4.65. The van der Waals surface area contributed by atoms with E-state index < -0.39 is 17.8 Å². The van der Waals surface area contributed by atoms with Gasteiger partial charge in [0.25, 0.3) is 0 Å². The lowest BCUT2D eigenvalue weighted by atomic mass is 9.99. The van der Waals surface area contributed by atoms with Gasteiger partial charge in [-0.25, -0.2) is 0 Å². The highest BCUT2D eigenvalue weighted by molar-refractivity contribution is 5.34. The number of hydrogen-bond acceptors (Lipinski definition) is 2. The van der Waals surface area contributed by atoms with Crippen molar-refractivity contribution in [2.75, 3.05) is 0 Å². The molecule has 1 aromatic heterocycles. The molecule has 0 aliphatic heterocycles. The molecule has 0 saturated carbocycles. The summed E-state index contributed by atoms with van der Waals surface area (Å²) < 4.78 is 37.4. The molecule has 2 rings (SSSR count). The quantitative estimate of drug-likeness (QED) is 0.908. The Labute approximate surface area is 114 Å². The van der Waals surface area contributed by atoms with Gasteiger partial charge in [0.15, 0.2) is 0 Å². The number of aliphatic hydroxyl groups is 1. The van der Waals surface area contributed by atoms with Crippen LogP contribution in [0, 0.1) is 13.8 Å². The van der Waals surface area contributed by atoms with Crippen molar-refractivity contribution in [3.63, 3.8) is 0 Å². The third-order valence-electron chi connectivity index (χ3n) is 3.11. The summed E-state index contributed by atoms with van der Waals surface area (Å²) in [5.41, 5.74) is 1.76. The van der Waals surface area contributed by atoms with E-state index in [4.69, 9.17) is 0 Å². The van der Waals surface area contributed by atoms with Gasteiger partial charge in [-0.1, -0.05) is 18.2 Å². The van der Waals surface area contributed by atoms with Gasteiger partial charge in [-0.05, 0) is 37.6 Å². The van der Waals surface area contributed by atoms with Crippen molar-refractivity contribution in [3.05, 3.63) is 64.5 Å². The van der Waals surface area contributed by atoms with Crippen LogP contribution in [0.25, 0.3) is 0 Å². The van der Waals surface area contributed by atoms with Gasteiger partial charge in [-0.3, -0.25) is 4.98 Å². The standard InChI is InChI=1S/C15H14F3NO/c1-9-3-8-13(10(2)19-9)14(20)11-4-6-12(7-5-11)15(16,17)18/h3-8,14,20H,1-2H3. The van der Waals surface area contributed by atoms with E-state index in [0.29, 0.717) is 16.8 Å². The predicted octanol–water partition coefficient (Wildman–Crippen LogP) is 3.80. The van der Waals surface area contributed by atoms with Crippen LogP contribution in [0.5, 0.6) is 0 Å². The van der Waals surface area contributed by atoms with E-state index in [9.17, 15) is 18.3 Å². The van der Waals surface area contributed by atoms with Gasteiger partial charge in [-0.2, -0.15) is 13.2 Å². The fraction of sp³-hybridized carbons (Fsp3) is 0.267. The number of halogens is 3. The summed E-state index contributed by atoms with van der Waals surface area (Å²) in [6.07, 6.45) is -5.35. The molecule has 0 aliphatic carbocycles. The Morgan fingerprint density at radius 3 is 2.10 bits per heavy atom. The minimum absolute atomic E-state index is 0.409. The Morgan fingerprint density at radius 2 is 1.60 bits per heavy atom. The molecule has 0 bridgehead atoms. The fourth-order valence-corrected chi connectivity index (χ4v) is 2.02. The second kappa shape index (κ2) is 5.25. The van der Waals surface area contributed by atoms with Crippen molar-refractivity contribution >= 4 is 0 Å². The number of pyridine rings is 1. The Bertz CT molecular complexity index is 606. The van der Waals surface area contributed by atoms with Gasteiger partial charge in [0.2, 0.25) is 0 Å². The minimum Gasteiger partial charge on any atom is -0.384 e. The summed E-state index contributed by atoms with van der Waals surface area (Å²) in [6.45, 7) is 3.59. The van der Waals surface area contributed by atoms with Crippen LogP contribution in [0.4, 0.5) is 13.2 Å².